The van der Waals surface area contributed by atoms with Crippen LogP contribution in [0.4, 0.5) is 0 Å². The lowest BCUT2D eigenvalue weighted by molar-refractivity contribution is -0.137. The predicted molar refractivity (Wildman–Crippen MR) is 108 cm³/mol. The number of carboxylic acids is 1. The number of nitrogens with two attached hydrogens (primary N) is 1. The zero-order chi connectivity index (χ0) is 21.4. The SMILES string of the molecule is CCCCCCC[C@H](O)[C@H]1C(O)CC(=O)[C@@H]1C/C=C\CCCC(=O)O.CON. The van der Waals surface area contributed by atoms with Crippen molar-refractivity contribution in [2.45, 2.75) is 89.8 Å². The Balaban J connectivity index is 0.00000227. The zero-order valence-corrected chi connectivity index (χ0v) is 17.4. The lowest BCUT2D eigenvalue weighted by atomic mass is 9.84. The number of hydrogen-bond acceptors (Lipinski definition) is 6. The minimum absolute atomic E-state index is 0.0257. The third-order valence-corrected chi connectivity index (χ3v) is 5.10. The molecule has 4 atom stereocenters. The molecule has 0 bridgehead atoms. The Labute approximate surface area is 168 Å². The first-order chi connectivity index (χ1) is 13.4. The van der Waals surface area contributed by atoms with Gasteiger partial charge in [-0.3, -0.25) is 9.59 Å². The summed E-state index contributed by atoms with van der Waals surface area (Å²) in [5.41, 5.74) is 0. The van der Waals surface area contributed by atoms with Crippen molar-refractivity contribution in [2.75, 3.05) is 7.11 Å². The van der Waals surface area contributed by atoms with Crippen molar-refractivity contribution >= 4 is 11.8 Å². The molecule has 1 saturated carbocycles. The molecule has 0 aliphatic heterocycles. The van der Waals surface area contributed by atoms with E-state index in [1.807, 2.05) is 12.2 Å². The molecule has 0 radical (unpaired) electrons. The number of carboxylic acid groups (broad SMARTS) is 1. The Morgan fingerprint density at radius 1 is 1.25 bits per heavy atom. The number of carbonyl (C=O) groups excluding carboxylic acids is 1. The van der Waals surface area contributed by atoms with E-state index in [9.17, 15) is 19.8 Å². The Bertz CT molecular complexity index is 454. The first-order valence-corrected chi connectivity index (χ1v) is 10.4. The van der Waals surface area contributed by atoms with Crippen LogP contribution < -0.4 is 5.90 Å². The number of carbonyl (C=O) groups is 2. The fraction of sp³-hybridized carbons (Fsp3) is 0.810. The first-order valence-electron chi connectivity index (χ1n) is 10.4. The Hall–Kier alpha value is -1.28. The van der Waals surface area contributed by atoms with Crippen molar-refractivity contribution in [1.82, 2.24) is 0 Å². The van der Waals surface area contributed by atoms with Crippen LogP contribution >= 0.6 is 0 Å². The zero-order valence-electron chi connectivity index (χ0n) is 17.4. The first kappa shape index (κ1) is 26.7. The van der Waals surface area contributed by atoms with Crippen molar-refractivity contribution in [2.24, 2.45) is 17.7 Å². The molecule has 28 heavy (non-hydrogen) atoms. The van der Waals surface area contributed by atoms with E-state index in [4.69, 9.17) is 5.11 Å². The van der Waals surface area contributed by atoms with Gasteiger partial charge in [0.05, 0.1) is 19.3 Å². The van der Waals surface area contributed by atoms with E-state index in [2.05, 4.69) is 17.7 Å². The third kappa shape index (κ3) is 11.5. The second-order valence-corrected chi connectivity index (χ2v) is 7.42. The van der Waals surface area contributed by atoms with Gasteiger partial charge in [0.25, 0.3) is 0 Å². The van der Waals surface area contributed by atoms with Crippen molar-refractivity contribution in [1.29, 1.82) is 0 Å². The smallest absolute Gasteiger partial charge is 0.303 e. The van der Waals surface area contributed by atoms with Gasteiger partial charge in [0.1, 0.15) is 5.78 Å². The molecule has 0 saturated heterocycles. The standard InChI is InChI=1S/C20H34O5.CH5NO/c1-2-3-4-5-9-12-16(21)20-15(17(22)14-18(20)23)11-8-6-7-10-13-19(24)25;1-3-2/h6,8,15-16,18,20-21,23H,2-5,7,9-14H2,1H3,(H,24,25);2H2,1H3/b8-6-;/t15-,16-,18?,20-;/m0./s1. The Morgan fingerprint density at radius 2 is 1.89 bits per heavy atom. The topological polar surface area (TPSA) is 130 Å². The number of hydrogen-bond donors (Lipinski definition) is 4. The highest BCUT2D eigenvalue weighted by atomic mass is 16.6. The maximum absolute atomic E-state index is 12.1. The molecule has 0 aromatic rings. The van der Waals surface area contributed by atoms with Gasteiger partial charge in [-0.25, -0.2) is 5.90 Å². The van der Waals surface area contributed by atoms with Crippen molar-refractivity contribution in [3.8, 4) is 0 Å². The number of Topliss-reactive ketones (excluding diaryl/α,β-unsaturated/α-hetero) is 1. The van der Waals surface area contributed by atoms with E-state index in [1.54, 1.807) is 0 Å². The van der Waals surface area contributed by atoms with Gasteiger partial charge in [0.15, 0.2) is 0 Å². The minimum Gasteiger partial charge on any atom is -0.481 e. The van der Waals surface area contributed by atoms with E-state index in [-0.39, 0.29) is 30.5 Å². The van der Waals surface area contributed by atoms with Crippen LogP contribution in [0.3, 0.4) is 0 Å². The van der Waals surface area contributed by atoms with Crippen molar-refractivity contribution < 1.29 is 29.7 Å². The van der Waals surface area contributed by atoms with Gasteiger partial charge in [0, 0.05) is 24.7 Å². The molecular weight excluding hydrogens is 362 g/mol. The third-order valence-electron chi connectivity index (χ3n) is 5.10. The predicted octanol–water partition coefficient (Wildman–Crippen LogP) is 2.98. The highest BCUT2D eigenvalue weighted by Crippen LogP contribution is 2.36. The number of aliphatic hydroxyl groups is 2. The van der Waals surface area contributed by atoms with E-state index in [0.717, 1.165) is 19.3 Å². The van der Waals surface area contributed by atoms with Crippen LogP contribution in [0.15, 0.2) is 12.2 Å². The average molecular weight is 402 g/mol. The number of rotatable bonds is 13. The summed E-state index contributed by atoms with van der Waals surface area (Å²) in [6, 6.07) is 0. The van der Waals surface area contributed by atoms with E-state index >= 15 is 0 Å². The Kier molecular flexibility index (Phi) is 15.9. The lowest BCUT2D eigenvalue weighted by Crippen LogP contribution is -2.32. The van der Waals surface area contributed by atoms with Crippen LogP contribution in [0, 0.1) is 11.8 Å². The van der Waals surface area contributed by atoms with Crippen molar-refractivity contribution in [3.63, 3.8) is 0 Å². The van der Waals surface area contributed by atoms with Gasteiger partial charge in [-0.05, 0) is 25.7 Å². The molecule has 164 valence electrons. The summed E-state index contributed by atoms with van der Waals surface area (Å²) in [6.07, 6.45) is 10.6. The monoisotopic (exact) mass is 401 g/mol. The van der Waals surface area contributed by atoms with E-state index < -0.39 is 18.2 Å². The highest BCUT2D eigenvalue weighted by Gasteiger charge is 2.44. The van der Waals surface area contributed by atoms with Crippen molar-refractivity contribution in [3.05, 3.63) is 12.2 Å². The number of aliphatic hydroxyl groups excluding tert-OH is 2. The lowest BCUT2D eigenvalue weighted by Gasteiger charge is -2.25. The second-order valence-electron chi connectivity index (χ2n) is 7.42. The molecule has 1 unspecified atom stereocenters. The minimum atomic E-state index is -0.801. The molecule has 0 aromatic carbocycles. The van der Waals surface area contributed by atoms with Crippen LogP contribution in [0.2, 0.25) is 0 Å². The van der Waals surface area contributed by atoms with Gasteiger partial charge in [0.2, 0.25) is 0 Å². The summed E-state index contributed by atoms with van der Waals surface area (Å²) >= 11 is 0. The average Bonchev–Trinajstić information content (AvgIpc) is 2.91. The number of allylic oxidation sites excluding steroid dienone is 2. The highest BCUT2D eigenvalue weighted by molar-refractivity contribution is 5.84. The molecule has 1 aliphatic carbocycles. The molecular formula is C21H39NO6. The normalized spacial score (nSPS) is 22.9. The molecule has 1 aliphatic rings. The summed E-state index contributed by atoms with van der Waals surface area (Å²) in [5.74, 6) is 2.88. The molecule has 0 spiro atoms. The molecule has 0 amide bonds. The maximum atomic E-state index is 12.1. The van der Waals surface area contributed by atoms with Gasteiger partial charge >= 0.3 is 5.97 Å². The van der Waals surface area contributed by atoms with Gasteiger partial charge in [-0.15, -0.1) is 0 Å². The molecule has 1 rings (SSSR count). The van der Waals surface area contributed by atoms with Crippen LogP contribution in [0.5, 0.6) is 0 Å². The van der Waals surface area contributed by atoms with E-state index in [0.29, 0.717) is 25.7 Å². The number of unbranched alkanes of at least 4 members (excludes halogenated alkanes) is 5. The fourth-order valence-corrected chi connectivity index (χ4v) is 3.67. The van der Waals surface area contributed by atoms with Crippen LogP contribution in [-0.4, -0.2) is 46.4 Å². The molecule has 1 fully saturated rings. The fourth-order valence-electron chi connectivity index (χ4n) is 3.67. The molecule has 7 heteroatoms. The molecule has 0 heterocycles. The van der Waals surface area contributed by atoms with Crippen LogP contribution in [0.25, 0.3) is 0 Å². The van der Waals surface area contributed by atoms with Crippen LogP contribution in [0.1, 0.15) is 77.6 Å². The summed E-state index contributed by atoms with van der Waals surface area (Å²) in [5, 5.41) is 29.2. The van der Waals surface area contributed by atoms with Gasteiger partial charge in [-0.2, -0.15) is 0 Å². The second kappa shape index (κ2) is 16.7. The molecule has 0 aromatic heterocycles. The van der Waals surface area contributed by atoms with Gasteiger partial charge in [-0.1, -0.05) is 51.2 Å². The largest absolute Gasteiger partial charge is 0.481 e. The summed E-state index contributed by atoms with van der Waals surface area (Å²) in [6.45, 7) is 2.16. The quantitative estimate of drug-likeness (QED) is 0.212. The number of aliphatic carboxylic acids is 1. The summed E-state index contributed by atoms with van der Waals surface area (Å²) < 4.78 is 0. The maximum Gasteiger partial charge on any atom is 0.303 e. The van der Waals surface area contributed by atoms with E-state index in [1.165, 1.54) is 20.0 Å². The van der Waals surface area contributed by atoms with Crippen LogP contribution in [-0.2, 0) is 14.4 Å². The number of ketones is 1. The summed E-state index contributed by atoms with van der Waals surface area (Å²) in [7, 11) is 1.40. The summed E-state index contributed by atoms with van der Waals surface area (Å²) in [4.78, 5) is 26.3. The van der Waals surface area contributed by atoms with Gasteiger partial charge < -0.3 is 20.2 Å². The molecule has 5 N–H and O–H groups in total. The molecule has 7 nitrogen and oxygen atoms in total. The Morgan fingerprint density at radius 3 is 2.50 bits per heavy atom.